The molecule has 1 aliphatic carbocycles. The number of nitro groups is 1. The lowest BCUT2D eigenvalue weighted by Crippen LogP contribution is -2.39. The van der Waals surface area contributed by atoms with Crippen molar-refractivity contribution in [2.45, 2.75) is 32.7 Å². The molecule has 1 saturated carbocycles. The number of esters is 1. The molecule has 0 bridgehead atoms. The Kier molecular flexibility index (Phi) is 5.95. The number of hydrogen-bond acceptors (Lipinski definition) is 6. The van der Waals surface area contributed by atoms with Crippen LogP contribution in [0.2, 0.25) is 0 Å². The molecule has 1 fully saturated rings. The maximum atomic E-state index is 12.8. The molecule has 2 rings (SSSR count). The number of rotatable bonds is 8. The van der Waals surface area contributed by atoms with Gasteiger partial charge in [0.2, 0.25) is 0 Å². The summed E-state index contributed by atoms with van der Waals surface area (Å²) in [4.78, 5) is 36.7. The van der Waals surface area contributed by atoms with Crippen molar-refractivity contribution in [2.75, 3.05) is 20.3 Å². The van der Waals surface area contributed by atoms with Crippen molar-refractivity contribution in [1.29, 1.82) is 0 Å². The number of hydrogen-bond donors (Lipinski definition) is 0. The zero-order chi connectivity index (χ0) is 18.6. The van der Waals surface area contributed by atoms with Crippen LogP contribution in [0.15, 0.2) is 18.2 Å². The third kappa shape index (κ3) is 4.46. The Bertz CT molecular complexity index is 671. The van der Waals surface area contributed by atoms with Gasteiger partial charge in [-0.05, 0) is 25.8 Å². The van der Waals surface area contributed by atoms with E-state index >= 15 is 0 Å². The lowest BCUT2D eigenvalue weighted by molar-refractivity contribution is -0.385. The molecule has 1 unspecified atom stereocenters. The molecule has 136 valence electrons. The van der Waals surface area contributed by atoms with Gasteiger partial charge in [-0.15, -0.1) is 0 Å². The van der Waals surface area contributed by atoms with Gasteiger partial charge in [0.1, 0.15) is 0 Å². The number of carbonyl (C=O) groups excluding carboxylic acids is 2. The molecule has 0 radical (unpaired) electrons. The highest BCUT2D eigenvalue weighted by Gasteiger charge is 2.35. The first kappa shape index (κ1) is 18.7. The Hall–Kier alpha value is -2.64. The minimum Gasteiger partial charge on any atom is -0.490 e. The molecule has 1 amide bonds. The molecule has 1 aliphatic rings. The number of nitrogens with zero attached hydrogens (tertiary/aromatic N) is 2. The van der Waals surface area contributed by atoms with E-state index in [1.807, 2.05) is 0 Å². The summed E-state index contributed by atoms with van der Waals surface area (Å²) in [6.07, 6.45) is 1.76. The van der Waals surface area contributed by atoms with Crippen LogP contribution in [0.3, 0.4) is 0 Å². The molecule has 8 nitrogen and oxygen atoms in total. The fourth-order valence-corrected chi connectivity index (χ4v) is 2.57. The van der Waals surface area contributed by atoms with Gasteiger partial charge in [-0.25, -0.2) is 0 Å². The maximum Gasteiger partial charge on any atom is 0.310 e. The largest absolute Gasteiger partial charge is 0.490 e. The van der Waals surface area contributed by atoms with Crippen LogP contribution < -0.4 is 4.74 Å². The molecule has 8 heteroatoms. The third-order valence-corrected chi connectivity index (χ3v) is 4.03. The fraction of sp³-hybridized carbons (Fsp3) is 0.529. The summed E-state index contributed by atoms with van der Waals surface area (Å²) >= 11 is 0. The van der Waals surface area contributed by atoms with Gasteiger partial charge in [0.05, 0.1) is 24.6 Å². The molecule has 1 atom stereocenters. The summed E-state index contributed by atoms with van der Waals surface area (Å²) in [5.41, 5.74) is 0.0994. The van der Waals surface area contributed by atoms with E-state index in [4.69, 9.17) is 9.47 Å². The minimum atomic E-state index is -0.561. The van der Waals surface area contributed by atoms with Crippen molar-refractivity contribution >= 4 is 17.6 Å². The van der Waals surface area contributed by atoms with Crippen LogP contribution in [-0.4, -0.2) is 48.0 Å². The van der Waals surface area contributed by atoms with Crippen LogP contribution in [-0.2, 0) is 9.53 Å². The average Bonchev–Trinajstić information content (AvgIpc) is 3.43. The van der Waals surface area contributed by atoms with Crippen molar-refractivity contribution in [2.24, 2.45) is 5.92 Å². The molecule has 0 aromatic heterocycles. The van der Waals surface area contributed by atoms with E-state index in [1.54, 1.807) is 18.7 Å². The van der Waals surface area contributed by atoms with Crippen molar-refractivity contribution < 1.29 is 24.0 Å². The van der Waals surface area contributed by atoms with Gasteiger partial charge >= 0.3 is 11.7 Å². The summed E-state index contributed by atoms with van der Waals surface area (Å²) in [6.45, 7) is 4.00. The lowest BCUT2D eigenvalue weighted by atomic mass is 10.1. The second-order valence-electron chi connectivity index (χ2n) is 5.99. The molecule has 0 spiro atoms. The average molecular weight is 350 g/mol. The molecular weight excluding hydrogens is 328 g/mol. The van der Waals surface area contributed by atoms with Crippen LogP contribution in [0.5, 0.6) is 5.75 Å². The Labute approximate surface area is 145 Å². The smallest absolute Gasteiger partial charge is 0.310 e. The first-order valence-electron chi connectivity index (χ1n) is 8.19. The topological polar surface area (TPSA) is 99.0 Å². The number of ether oxygens (including phenoxy) is 2. The summed E-state index contributed by atoms with van der Waals surface area (Å²) < 4.78 is 10.0. The predicted octanol–water partition coefficient (Wildman–Crippen LogP) is 2.41. The highest BCUT2D eigenvalue weighted by Crippen LogP contribution is 2.32. The molecular formula is C17H22N2O6. The second-order valence-corrected chi connectivity index (χ2v) is 5.99. The van der Waals surface area contributed by atoms with Gasteiger partial charge in [-0.2, -0.15) is 0 Å². The van der Waals surface area contributed by atoms with Crippen molar-refractivity contribution in [1.82, 2.24) is 4.90 Å². The quantitative estimate of drug-likeness (QED) is 0.405. The standard InChI is InChI=1S/C17H22N2O6/c1-4-25-17(21)11(2)10-18(13-6-7-13)16(20)12-5-8-14(19(22)23)15(9-12)24-3/h5,8-9,11,13H,4,6-7,10H2,1-3H3. The van der Waals surface area contributed by atoms with Crippen LogP contribution in [0.1, 0.15) is 37.0 Å². The van der Waals surface area contributed by atoms with Gasteiger partial charge in [-0.3, -0.25) is 19.7 Å². The van der Waals surface area contributed by atoms with Crippen LogP contribution >= 0.6 is 0 Å². The number of methoxy groups -OCH3 is 1. The number of amides is 1. The van der Waals surface area contributed by atoms with Crippen LogP contribution in [0, 0.1) is 16.0 Å². The predicted molar refractivity (Wildman–Crippen MR) is 89.5 cm³/mol. The van der Waals surface area contributed by atoms with Crippen molar-refractivity contribution in [3.05, 3.63) is 33.9 Å². The Morgan fingerprint density at radius 2 is 2.08 bits per heavy atom. The van der Waals surface area contributed by atoms with Crippen molar-refractivity contribution in [3.8, 4) is 5.75 Å². The molecule has 0 aliphatic heterocycles. The van der Waals surface area contributed by atoms with Gasteiger partial charge in [0.15, 0.2) is 5.75 Å². The van der Waals surface area contributed by atoms with Gasteiger partial charge in [-0.1, -0.05) is 6.92 Å². The van der Waals surface area contributed by atoms with E-state index in [0.29, 0.717) is 12.2 Å². The van der Waals surface area contributed by atoms with Crippen LogP contribution in [0.25, 0.3) is 0 Å². The van der Waals surface area contributed by atoms with E-state index in [-0.39, 0.29) is 35.9 Å². The summed E-state index contributed by atoms with van der Waals surface area (Å²) in [5, 5.41) is 11.0. The molecule has 0 heterocycles. The maximum absolute atomic E-state index is 12.8. The highest BCUT2D eigenvalue weighted by molar-refractivity contribution is 5.95. The Morgan fingerprint density at radius 1 is 1.40 bits per heavy atom. The number of nitro benzene ring substituents is 1. The summed E-state index contributed by atoms with van der Waals surface area (Å²) in [5.74, 6) is -1.02. The van der Waals surface area contributed by atoms with E-state index in [1.165, 1.54) is 25.3 Å². The van der Waals surface area contributed by atoms with Gasteiger partial charge < -0.3 is 14.4 Å². The van der Waals surface area contributed by atoms with Gasteiger partial charge in [0, 0.05) is 30.3 Å². The zero-order valence-corrected chi connectivity index (χ0v) is 14.6. The minimum absolute atomic E-state index is 0.0324. The zero-order valence-electron chi connectivity index (χ0n) is 14.6. The lowest BCUT2D eigenvalue weighted by Gasteiger charge is -2.25. The monoisotopic (exact) mass is 350 g/mol. The molecule has 0 N–H and O–H groups in total. The van der Waals surface area contributed by atoms with Gasteiger partial charge in [0.25, 0.3) is 5.91 Å². The Balaban J connectivity index is 2.20. The first-order valence-corrected chi connectivity index (χ1v) is 8.19. The molecule has 1 aromatic carbocycles. The second kappa shape index (κ2) is 7.96. The normalized spacial score (nSPS) is 14.5. The third-order valence-electron chi connectivity index (χ3n) is 4.03. The summed E-state index contributed by atoms with van der Waals surface area (Å²) in [7, 11) is 1.32. The first-order chi connectivity index (χ1) is 11.9. The SMILES string of the molecule is CCOC(=O)C(C)CN(C(=O)c1ccc([N+](=O)[O-])c(OC)c1)C1CC1. The van der Waals surface area contributed by atoms with E-state index in [0.717, 1.165) is 12.8 Å². The van der Waals surface area contributed by atoms with Crippen molar-refractivity contribution in [3.63, 3.8) is 0 Å². The molecule has 25 heavy (non-hydrogen) atoms. The number of benzene rings is 1. The van der Waals surface area contributed by atoms with E-state index in [2.05, 4.69) is 0 Å². The Morgan fingerprint density at radius 3 is 2.60 bits per heavy atom. The summed E-state index contributed by atoms with van der Waals surface area (Å²) in [6, 6.07) is 4.12. The van der Waals surface area contributed by atoms with Crippen LogP contribution in [0.4, 0.5) is 5.69 Å². The fourth-order valence-electron chi connectivity index (χ4n) is 2.57. The number of carbonyl (C=O) groups is 2. The highest BCUT2D eigenvalue weighted by atomic mass is 16.6. The van der Waals surface area contributed by atoms with E-state index in [9.17, 15) is 19.7 Å². The van der Waals surface area contributed by atoms with E-state index < -0.39 is 10.8 Å². The molecule has 0 saturated heterocycles. The molecule has 1 aromatic rings.